The van der Waals surface area contributed by atoms with Gasteiger partial charge in [0.05, 0.1) is 6.10 Å². The minimum Gasteiger partial charge on any atom is -0.480 e. The van der Waals surface area contributed by atoms with E-state index in [0.29, 0.717) is 19.1 Å². The molecule has 64 valence electrons. The summed E-state index contributed by atoms with van der Waals surface area (Å²) < 4.78 is 5.23. The third-order valence-electron chi connectivity index (χ3n) is 1.62. The summed E-state index contributed by atoms with van der Waals surface area (Å²) in [6.45, 7) is 0.470. The fourth-order valence-electron chi connectivity index (χ4n) is 0.720. The molecule has 4 nitrogen and oxygen atoms in total. The largest absolute Gasteiger partial charge is 0.480 e. The van der Waals surface area contributed by atoms with Crippen LogP contribution < -0.4 is 5.73 Å². The molecule has 0 bridgehead atoms. The maximum atomic E-state index is 10.2. The number of hydrogen-bond acceptors (Lipinski definition) is 3. The number of nitrogens with two attached hydrogens (primary N) is 1. The summed E-state index contributed by atoms with van der Waals surface area (Å²) >= 11 is 0. The van der Waals surface area contributed by atoms with E-state index in [1.54, 1.807) is 0 Å². The van der Waals surface area contributed by atoms with Gasteiger partial charge >= 0.3 is 5.97 Å². The number of aliphatic carboxylic acids is 1. The van der Waals surface area contributed by atoms with Crippen molar-refractivity contribution in [2.45, 2.75) is 31.4 Å². The van der Waals surface area contributed by atoms with Gasteiger partial charge in [0.15, 0.2) is 0 Å². The Labute approximate surface area is 65.3 Å². The molecule has 11 heavy (non-hydrogen) atoms. The number of carboxylic acid groups (broad SMARTS) is 1. The van der Waals surface area contributed by atoms with Crippen LogP contribution in [0.2, 0.25) is 0 Å². The number of rotatable bonds is 5. The second-order valence-electron chi connectivity index (χ2n) is 2.80. The lowest BCUT2D eigenvalue weighted by Crippen LogP contribution is -2.31. The van der Waals surface area contributed by atoms with Gasteiger partial charge in [0.1, 0.15) is 6.04 Å². The molecule has 0 aromatic carbocycles. The lowest BCUT2D eigenvalue weighted by molar-refractivity contribution is -0.139. The van der Waals surface area contributed by atoms with Crippen molar-refractivity contribution in [2.75, 3.05) is 6.61 Å². The molecule has 0 radical (unpaired) electrons. The highest BCUT2D eigenvalue weighted by Gasteiger charge is 2.22. The van der Waals surface area contributed by atoms with Crippen LogP contribution in [0, 0.1) is 0 Å². The zero-order valence-electron chi connectivity index (χ0n) is 6.32. The first-order valence-electron chi connectivity index (χ1n) is 3.80. The van der Waals surface area contributed by atoms with Crippen LogP contribution in [-0.4, -0.2) is 29.8 Å². The summed E-state index contributed by atoms with van der Waals surface area (Å²) in [4.78, 5) is 10.2. The summed E-state index contributed by atoms with van der Waals surface area (Å²) in [6.07, 6.45) is 3.02. The van der Waals surface area contributed by atoms with Gasteiger partial charge < -0.3 is 15.6 Å². The van der Waals surface area contributed by atoms with Gasteiger partial charge in [-0.05, 0) is 19.3 Å². The van der Waals surface area contributed by atoms with Crippen molar-refractivity contribution < 1.29 is 14.6 Å². The summed E-state index contributed by atoms with van der Waals surface area (Å²) in [5.41, 5.74) is 5.24. The molecule has 0 spiro atoms. The molecule has 0 aromatic rings. The van der Waals surface area contributed by atoms with E-state index in [-0.39, 0.29) is 0 Å². The Bertz CT molecular complexity index is 145. The van der Waals surface area contributed by atoms with Gasteiger partial charge in [0.2, 0.25) is 0 Å². The molecule has 0 aliphatic heterocycles. The average molecular weight is 159 g/mol. The monoisotopic (exact) mass is 159 g/mol. The van der Waals surface area contributed by atoms with E-state index in [1.165, 1.54) is 0 Å². The van der Waals surface area contributed by atoms with E-state index in [1.807, 2.05) is 0 Å². The Morgan fingerprint density at radius 1 is 1.73 bits per heavy atom. The van der Waals surface area contributed by atoms with Gasteiger partial charge in [-0.25, -0.2) is 0 Å². The molecule has 0 amide bonds. The molecule has 1 aliphatic rings. The number of ether oxygens (including phenoxy) is 1. The van der Waals surface area contributed by atoms with Crippen LogP contribution in [0.5, 0.6) is 0 Å². The lowest BCUT2D eigenvalue weighted by Gasteiger charge is -2.05. The van der Waals surface area contributed by atoms with Crippen LogP contribution in [0.15, 0.2) is 0 Å². The van der Waals surface area contributed by atoms with Gasteiger partial charge in [-0.2, -0.15) is 0 Å². The molecule has 1 atom stereocenters. The highest BCUT2D eigenvalue weighted by atomic mass is 16.5. The fourth-order valence-corrected chi connectivity index (χ4v) is 0.720. The molecular weight excluding hydrogens is 146 g/mol. The number of carbonyl (C=O) groups is 1. The summed E-state index contributed by atoms with van der Waals surface area (Å²) in [5.74, 6) is -0.954. The third kappa shape index (κ3) is 3.34. The second kappa shape index (κ2) is 3.69. The predicted octanol–water partition coefficient (Wildman–Crippen LogP) is -0.0326. The van der Waals surface area contributed by atoms with E-state index >= 15 is 0 Å². The molecule has 4 heteroatoms. The average Bonchev–Trinajstić information content (AvgIpc) is 2.71. The highest BCUT2D eigenvalue weighted by molar-refractivity contribution is 5.72. The molecule has 1 aliphatic carbocycles. The first-order valence-corrected chi connectivity index (χ1v) is 3.80. The molecule has 0 unspecified atom stereocenters. The fraction of sp³-hybridized carbons (Fsp3) is 0.857. The van der Waals surface area contributed by atoms with Crippen LogP contribution >= 0.6 is 0 Å². The first kappa shape index (κ1) is 8.49. The van der Waals surface area contributed by atoms with Crippen LogP contribution in [-0.2, 0) is 9.53 Å². The van der Waals surface area contributed by atoms with Gasteiger partial charge in [-0.3, -0.25) is 4.79 Å². The normalized spacial score (nSPS) is 19.7. The summed E-state index contributed by atoms with van der Waals surface area (Å²) in [5, 5.41) is 8.38. The van der Waals surface area contributed by atoms with Gasteiger partial charge in [0.25, 0.3) is 0 Å². The molecule has 0 heterocycles. The topological polar surface area (TPSA) is 72.5 Å². The van der Waals surface area contributed by atoms with Gasteiger partial charge in [-0.1, -0.05) is 0 Å². The molecular formula is C7H13NO3. The third-order valence-corrected chi connectivity index (χ3v) is 1.62. The van der Waals surface area contributed by atoms with Crippen molar-refractivity contribution in [2.24, 2.45) is 5.73 Å². The summed E-state index contributed by atoms with van der Waals surface area (Å²) in [7, 11) is 0. The standard InChI is InChI=1S/C7H13NO3/c8-6(7(9)10)3-4-11-5-1-2-5/h5-6H,1-4,8H2,(H,9,10)/t6-/m0/s1. The van der Waals surface area contributed by atoms with E-state index < -0.39 is 12.0 Å². The number of hydrogen-bond donors (Lipinski definition) is 2. The van der Waals surface area contributed by atoms with E-state index in [2.05, 4.69) is 0 Å². The lowest BCUT2D eigenvalue weighted by atomic mass is 10.2. The van der Waals surface area contributed by atoms with Crippen molar-refractivity contribution in [3.63, 3.8) is 0 Å². The van der Waals surface area contributed by atoms with Crippen molar-refractivity contribution >= 4 is 5.97 Å². The Balaban J connectivity index is 1.96. The van der Waals surface area contributed by atoms with Crippen LogP contribution in [0.1, 0.15) is 19.3 Å². The predicted molar refractivity (Wildman–Crippen MR) is 39.2 cm³/mol. The Morgan fingerprint density at radius 2 is 2.36 bits per heavy atom. The van der Waals surface area contributed by atoms with E-state index in [9.17, 15) is 4.79 Å². The molecule has 1 rings (SSSR count). The van der Waals surface area contributed by atoms with E-state index in [0.717, 1.165) is 12.8 Å². The van der Waals surface area contributed by atoms with Crippen molar-refractivity contribution in [3.8, 4) is 0 Å². The molecule has 1 saturated carbocycles. The molecule has 3 N–H and O–H groups in total. The maximum Gasteiger partial charge on any atom is 0.320 e. The van der Waals surface area contributed by atoms with Crippen LogP contribution in [0.25, 0.3) is 0 Å². The van der Waals surface area contributed by atoms with Crippen molar-refractivity contribution in [1.29, 1.82) is 0 Å². The Hall–Kier alpha value is -0.610. The highest BCUT2D eigenvalue weighted by Crippen LogP contribution is 2.23. The zero-order chi connectivity index (χ0) is 8.27. The maximum absolute atomic E-state index is 10.2. The first-order chi connectivity index (χ1) is 5.20. The number of carboxylic acids is 1. The molecule has 0 saturated heterocycles. The minimum absolute atomic E-state index is 0.385. The van der Waals surface area contributed by atoms with Crippen molar-refractivity contribution in [3.05, 3.63) is 0 Å². The van der Waals surface area contributed by atoms with Gasteiger partial charge in [0, 0.05) is 6.61 Å². The van der Waals surface area contributed by atoms with Crippen LogP contribution in [0.3, 0.4) is 0 Å². The molecule has 1 fully saturated rings. The van der Waals surface area contributed by atoms with Gasteiger partial charge in [-0.15, -0.1) is 0 Å². The molecule has 0 aromatic heterocycles. The minimum atomic E-state index is -0.954. The van der Waals surface area contributed by atoms with Crippen molar-refractivity contribution in [1.82, 2.24) is 0 Å². The quantitative estimate of drug-likeness (QED) is 0.590. The second-order valence-corrected chi connectivity index (χ2v) is 2.80. The zero-order valence-corrected chi connectivity index (χ0v) is 6.32. The SMILES string of the molecule is N[C@@H](CCOC1CC1)C(=O)O. The smallest absolute Gasteiger partial charge is 0.320 e. The Morgan fingerprint density at radius 3 is 2.82 bits per heavy atom. The van der Waals surface area contributed by atoms with E-state index in [4.69, 9.17) is 15.6 Å². The van der Waals surface area contributed by atoms with Crippen LogP contribution in [0.4, 0.5) is 0 Å². The Kier molecular flexibility index (Phi) is 2.84. The summed E-state index contributed by atoms with van der Waals surface area (Å²) in [6, 6.07) is -0.770.